The molecule has 2 aromatic heterocycles. The fraction of sp³-hybridized carbons (Fsp3) is 0.357. The highest BCUT2D eigenvalue weighted by atomic mass is 35.5. The van der Waals surface area contributed by atoms with E-state index in [1.165, 1.54) is 6.07 Å². The predicted octanol–water partition coefficient (Wildman–Crippen LogP) is 2.97. The van der Waals surface area contributed by atoms with Gasteiger partial charge in [-0.3, -0.25) is 4.40 Å². The van der Waals surface area contributed by atoms with Crippen molar-refractivity contribution in [2.75, 3.05) is 18.0 Å². The Bertz CT molecular complexity index is 876. The van der Waals surface area contributed by atoms with Crippen LogP contribution in [0.3, 0.4) is 0 Å². The zero-order chi connectivity index (χ0) is 16.8. The number of rotatable bonds is 3. The second-order valence-corrected chi connectivity index (χ2v) is 5.36. The van der Waals surface area contributed by atoms with Gasteiger partial charge in [0, 0.05) is 18.1 Å². The monoisotopic (exact) mass is 361 g/mol. The van der Waals surface area contributed by atoms with Gasteiger partial charge in [0.25, 0.3) is 0 Å². The van der Waals surface area contributed by atoms with Gasteiger partial charge in [-0.25, -0.2) is 4.98 Å². The zero-order valence-electron chi connectivity index (χ0n) is 12.9. The summed E-state index contributed by atoms with van der Waals surface area (Å²) in [6, 6.07) is 4.61. The minimum absolute atomic E-state index is 0. The Balaban J connectivity index is 0.00000208. The molecule has 2 heterocycles. The average Bonchev–Trinajstić information content (AvgIpc) is 2.94. The number of nitrogens with zero attached hydrogens (tertiary/aromatic N) is 5. The molecule has 0 aliphatic heterocycles. The molecule has 0 unspecified atom stereocenters. The van der Waals surface area contributed by atoms with E-state index in [0.29, 0.717) is 29.4 Å². The number of aromatic nitrogens is 4. The fourth-order valence-electron chi connectivity index (χ4n) is 2.51. The Hall–Kier alpha value is -2.13. The minimum Gasteiger partial charge on any atom is -0.412 e. The molecule has 10 heteroatoms. The highest BCUT2D eigenvalue weighted by Crippen LogP contribution is 2.33. The van der Waals surface area contributed by atoms with Crippen LogP contribution in [0.25, 0.3) is 16.7 Å². The summed E-state index contributed by atoms with van der Waals surface area (Å²) >= 11 is 5.94. The molecule has 0 radical (unpaired) electrons. The number of hydrogen-bond acceptors (Lipinski definition) is 4. The maximum atomic E-state index is 13.3. The first-order valence-electron chi connectivity index (χ1n) is 7.03. The Kier molecular flexibility index (Phi) is 4.86. The van der Waals surface area contributed by atoms with E-state index in [-0.39, 0.29) is 16.6 Å². The molecule has 24 heavy (non-hydrogen) atoms. The molecule has 0 bridgehead atoms. The number of benzene rings is 1. The van der Waals surface area contributed by atoms with Crippen LogP contribution in [-0.4, -0.2) is 38.1 Å². The standard InChI is InChI=1S/C14H13ClF3N5.H2O/c1-3-22(4-2)11-12-20-21-13(14(16,17)18)23(12)10-7-8(15)5-6-9(10)19-11;/h5-7H,3-4H2,1-2H3;1H2. The van der Waals surface area contributed by atoms with Gasteiger partial charge in [0.1, 0.15) is 0 Å². The van der Waals surface area contributed by atoms with Gasteiger partial charge in [-0.15, -0.1) is 10.2 Å². The van der Waals surface area contributed by atoms with Crippen molar-refractivity contribution in [3.63, 3.8) is 0 Å². The van der Waals surface area contributed by atoms with Crippen LogP contribution >= 0.6 is 11.6 Å². The molecule has 0 atom stereocenters. The van der Waals surface area contributed by atoms with Crippen molar-refractivity contribution in [2.45, 2.75) is 20.0 Å². The Morgan fingerprint density at radius 3 is 2.42 bits per heavy atom. The lowest BCUT2D eigenvalue weighted by Gasteiger charge is -2.21. The number of hydrogen-bond donors (Lipinski definition) is 0. The highest BCUT2D eigenvalue weighted by Gasteiger charge is 2.38. The van der Waals surface area contributed by atoms with Crippen molar-refractivity contribution in [2.24, 2.45) is 0 Å². The van der Waals surface area contributed by atoms with Crippen LogP contribution in [0.4, 0.5) is 19.0 Å². The van der Waals surface area contributed by atoms with Crippen LogP contribution in [0.15, 0.2) is 18.2 Å². The zero-order valence-corrected chi connectivity index (χ0v) is 13.7. The van der Waals surface area contributed by atoms with Crippen LogP contribution in [0.2, 0.25) is 5.02 Å². The van der Waals surface area contributed by atoms with Crippen LogP contribution in [-0.2, 0) is 6.18 Å². The molecule has 0 aliphatic carbocycles. The quantitative estimate of drug-likeness (QED) is 0.718. The third-order valence-electron chi connectivity index (χ3n) is 3.58. The van der Waals surface area contributed by atoms with E-state index in [9.17, 15) is 13.2 Å². The molecule has 0 saturated heterocycles. The molecule has 6 nitrogen and oxygen atoms in total. The summed E-state index contributed by atoms with van der Waals surface area (Å²) in [6.45, 7) is 4.97. The molecule has 0 spiro atoms. The lowest BCUT2D eigenvalue weighted by molar-refractivity contribution is -0.145. The van der Waals surface area contributed by atoms with Gasteiger partial charge in [0.2, 0.25) is 11.5 Å². The van der Waals surface area contributed by atoms with E-state index >= 15 is 0 Å². The van der Waals surface area contributed by atoms with Crippen molar-refractivity contribution in [1.82, 2.24) is 19.6 Å². The van der Waals surface area contributed by atoms with E-state index in [1.807, 2.05) is 18.7 Å². The molecular formula is C14H15ClF3N5O. The first kappa shape index (κ1) is 18.2. The van der Waals surface area contributed by atoms with Gasteiger partial charge in [0.15, 0.2) is 5.82 Å². The first-order valence-corrected chi connectivity index (χ1v) is 7.41. The molecule has 0 amide bonds. The Morgan fingerprint density at radius 1 is 1.17 bits per heavy atom. The van der Waals surface area contributed by atoms with E-state index in [4.69, 9.17) is 11.6 Å². The van der Waals surface area contributed by atoms with Gasteiger partial charge in [-0.05, 0) is 32.0 Å². The van der Waals surface area contributed by atoms with Gasteiger partial charge >= 0.3 is 6.18 Å². The lowest BCUT2D eigenvalue weighted by Crippen LogP contribution is -2.24. The molecule has 3 rings (SSSR count). The number of alkyl halides is 3. The summed E-state index contributed by atoms with van der Waals surface area (Å²) in [5.41, 5.74) is 0.686. The SMILES string of the molecule is CCN(CC)c1nc2ccc(Cl)cc2n2c(C(F)(F)F)nnc12.O. The van der Waals surface area contributed by atoms with E-state index < -0.39 is 12.0 Å². The predicted molar refractivity (Wildman–Crippen MR) is 85.5 cm³/mol. The maximum absolute atomic E-state index is 13.3. The summed E-state index contributed by atoms with van der Waals surface area (Å²) in [4.78, 5) is 6.29. The van der Waals surface area contributed by atoms with Gasteiger partial charge < -0.3 is 10.4 Å². The Morgan fingerprint density at radius 2 is 1.83 bits per heavy atom. The van der Waals surface area contributed by atoms with Crippen molar-refractivity contribution in [3.8, 4) is 0 Å². The van der Waals surface area contributed by atoms with Gasteiger partial charge in [-0.2, -0.15) is 13.2 Å². The van der Waals surface area contributed by atoms with Crippen LogP contribution in [0.1, 0.15) is 19.7 Å². The minimum atomic E-state index is -4.63. The number of halogens is 4. The van der Waals surface area contributed by atoms with Crippen LogP contribution < -0.4 is 4.90 Å². The third-order valence-corrected chi connectivity index (χ3v) is 3.82. The third kappa shape index (κ3) is 2.84. The van der Waals surface area contributed by atoms with E-state index in [2.05, 4.69) is 15.2 Å². The molecular weight excluding hydrogens is 347 g/mol. The topological polar surface area (TPSA) is 77.8 Å². The Labute approximate surface area is 140 Å². The molecule has 0 aliphatic rings. The highest BCUT2D eigenvalue weighted by molar-refractivity contribution is 6.31. The van der Waals surface area contributed by atoms with Gasteiger partial charge in [-0.1, -0.05) is 11.6 Å². The van der Waals surface area contributed by atoms with Crippen LogP contribution in [0, 0.1) is 0 Å². The fourth-order valence-corrected chi connectivity index (χ4v) is 2.68. The van der Waals surface area contributed by atoms with Crippen molar-refractivity contribution in [3.05, 3.63) is 29.0 Å². The smallest absolute Gasteiger partial charge is 0.412 e. The second kappa shape index (κ2) is 6.40. The molecule has 130 valence electrons. The number of fused-ring (bicyclic) bond motifs is 3. The normalized spacial score (nSPS) is 11.8. The summed E-state index contributed by atoms with van der Waals surface area (Å²) in [7, 11) is 0. The van der Waals surface area contributed by atoms with Crippen molar-refractivity contribution < 1.29 is 18.6 Å². The summed E-state index contributed by atoms with van der Waals surface area (Å²) in [5, 5.41) is 7.38. The van der Waals surface area contributed by atoms with Crippen molar-refractivity contribution in [1.29, 1.82) is 0 Å². The van der Waals surface area contributed by atoms with E-state index in [0.717, 1.165) is 4.40 Å². The molecule has 0 fully saturated rings. The summed E-state index contributed by atoms with van der Waals surface area (Å²) in [5.74, 6) is -0.719. The molecule has 1 aromatic carbocycles. The second-order valence-electron chi connectivity index (χ2n) is 4.92. The lowest BCUT2D eigenvalue weighted by atomic mass is 10.3. The van der Waals surface area contributed by atoms with Crippen molar-refractivity contribution >= 4 is 34.1 Å². The largest absolute Gasteiger partial charge is 0.452 e. The summed E-state index contributed by atoms with van der Waals surface area (Å²) in [6.07, 6.45) is -4.63. The molecule has 0 saturated carbocycles. The van der Waals surface area contributed by atoms with E-state index in [1.54, 1.807) is 12.1 Å². The number of anilines is 1. The van der Waals surface area contributed by atoms with Crippen LogP contribution in [0.5, 0.6) is 0 Å². The molecule has 2 N–H and O–H groups in total. The molecule has 3 aromatic rings. The first-order chi connectivity index (χ1) is 10.9. The van der Waals surface area contributed by atoms with Gasteiger partial charge in [0.05, 0.1) is 11.0 Å². The maximum Gasteiger partial charge on any atom is 0.452 e. The summed E-state index contributed by atoms with van der Waals surface area (Å²) < 4.78 is 40.8. The average molecular weight is 362 g/mol.